The second kappa shape index (κ2) is 6.52. The zero-order valence-corrected chi connectivity index (χ0v) is 12.2. The van der Waals surface area contributed by atoms with Crippen molar-refractivity contribution in [3.8, 4) is 0 Å². The Morgan fingerprint density at radius 1 is 1.22 bits per heavy atom. The Hall–Kier alpha value is -0.620. The van der Waals surface area contributed by atoms with Crippen molar-refractivity contribution in [2.24, 2.45) is 5.92 Å². The zero-order chi connectivity index (χ0) is 13.8. The van der Waals surface area contributed by atoms with Crippen LogP contribution in [0.15, 0.2) is 0 Å². The minimum atomic E-state index is -2.83. The van der Waals surface area contributed by atoms with E-state index < -0.39 is 9.84 Å². The monoisotopic (exact) mass is 276 g/mol. The first-order valence-electron chi connectivity index (χ1n) is 6.53. The highest BCUT2D eigenvalue weighted by molar-refractivity contribution is 7.91. The van der Waals surface area contributed by atoms with Gasteiger partial charge in [-0.25, -0.2) is 8.42 Å². The van der Waals surface area contributed by atoms with Gasteiger partial charge >= 0.3 is 0 Å². The van der Waals surface area contributed by atoms with E-state index in [-0.39, 0.29) is 36.0 Å². The number of hydrogen-bond donors (Lipinski definition) is 2. The first-order valence-corrected chi connectivity index (χ1v) is 8.35. The van der Waals surface area contributed by atoms with Crippen LogP contribution in [0.3, 0.4) is 0 Å². The maximum Gasteiger partial charge on any atom is 0.234 e. The molecule has 0 aromatic carbocycles. The lowest BCUT2D eigenvalue weighted by Gasteiger charge is -2.23. The van der Waals surface area contributed by atoms with Gasteiger partial charge in [0.1, 0.15) is 9.84 Å². The Balaban J connectivity index is 2.23. The van der Waals surface area contributed by atoms with Crippen LogP contribution in [0.1, 0.15) is 33.6 Å². The SMILES string of the molecule is CC(C)C(C)NC(=O)CNC1CCS(=O)(=O)CC1. The molecule has 5 nitrogen and oxygen atoms in total. The van der Waals surface area contributed by atoms with Crippen molar-refractivity contribution in [3.63, 3.8) is 0 Å². The van der Waals surface area contributed by atoms with Crippen molar-refractivity contribution in [2.75, 3.05) is 18.1 Å². The summed E-state index contributed by atoms with van der Waals surface area (Å²) >= 11 is 0. The molecule has 0 radical (unpaired) electrons. The lowest BCUT2D eigenvalue weighted by atomic mass is 10.1. The molecule has 0 aromatic rings. The van der Waals surface area contributed by atoms with Crippen molar-refractivity contribution >= 4 is 15.7 Å². The number of amides is 1. The van der Waals surface area contributed by atoms with E-state index in [0.29, 0.717) is 18.8 Å². The Morgan fingerprint density at radius 2 is 1.78 bits per heavy atom. The summed E-state index contributed by atoms with van der Waals surface area (Å²) in [5.41, 5.74) is 0. The molecule has 1 heterocycles. The molecule has 6 heteroatoms. The molecule has 1 fully saturated rings. The fourth-order valence-electron chi connectivity index (χ4n) is 1.80. The van der Waals surface area contributed by atoms with Crippen LogP contribution in [0.25, 0.3) is 0 Å². The van der Waals surface area contributed by atoms with E-state index in [1.54, 1.807) is 0 Å². The topological polar surface area (TPSA) is 75.3 Å². The van der Waals surface area contributed by atoms with E-state index in [1.807, 2.05) is 6.92 Å². The molecule has 0 saturated carbocycles. The van der Waals surface area contributed by atoms with Crippen LogP contribution in [0, 0.1) is 5.92 Å². The van der Waals surface area contributed by atoms with Crippen LogP contribution in [-0.2, 0) is 14.6 Å². The molecule has 0 aromatic heterocycles. The molecule has 1 aliphatic rings. The van der Waals surface area contributed by atoms with Gasteiger partial charge in [0.25, 0.3) is 0 Å². The number of carbonyl (C=O) groups excluding carboxylic acids is 1. The van der Waals surface area contributed by atoms with Gasteiger partial charge in [-0.2, -0.15) is 0 Å². The largest absolute Gasteiger partial charge is 0.352 e. The molecule has 1 saturated heterocycles. The van der Waals surface area contributed by atoms with Gasteiger partial charge < -0.3 is 10.6 Å². The van der Waals surface area contributed by atoms with Gasteiger partial charge in [0.05, 0.1) is 18.1 Å². The summed E-state index contributed by atoms with van der Waals surface area (Å²) in [6, 6.07) is 0.305. The Kier molecular flexibility index (Phi) is 5.59. The Bertz CT molecular complexity index is 365. The van der Waals surface area contributed by atoms with Crippen molar-refractivity contribution in [2.45, 2.75) is 45.7 Å². The smallest absolute Gasteiger partial charge is 0.234 e. The molecular weight excluding hydrogens is 252 g/mol. The molecule has 1 atom stereocenters. The molecule has 1 amide bonds. The summed E-state index contributed by atoms with van der Waals surface area (Å²) in [7, 11) is -2.83. The highest BCUT2D eigenvalue weighted by Gasteiger charge is 2.23. The maximum absolute atomic E-state index is 11.6. The average Bonchev–Trinajstić information content (AvgIpc) is 2.27. The fourth-order valence-corrected chi connectivity index (χ4v) is 3.29. The fraction of sp³-hybridized carbons (Fsp3) is 0.917. The van der Waals surface area contributed by atoms with E-state index in [9.17, 15) is 13.2 Å². The predicted octanol–water partition coefficient (Wildman–Crippen LogP) is 0.314. The minimum Gasteiger partial charge on any atom is -0.352 e. The molecule has 106 valence electrons. The summed E-state index contributed by atoms with van der Waals surface area (Å²) < 4.78 is 22.5. The Labute approximate surface area is 110 Å². The van der Waals surface area contributed by atoms with Crippen LogP contribution in [0.2, 0.25) is 0 Å². The van der Waals surface area contributed by atoms with Crippen molar-refractivity contribution in [1.82, 2.24) is 10.6 Å². The van der Waals surface area contributed by atoms with Crippen LogP contribution in [-0.4, -0.2) is 44.5 Å². The van der Waals surface area contributed by atoms with Gasteiger partial charge in [0.15, 0.2) is 0 Å². The van der Waals surface area contributed by atoms with Crippen molar-refractivity contribution in [3.05, 3.63) is 0 Å². The molecule has 1 unspecified atom stereocenters. The number of sulfone groups is 1. The number of carbonyl (C=O) groups is 1. The van der Waals surface area contributed by atoms with Gasteiger partial charge in [-0.15, -0.1) is 0 Å². The minimum absolute atomic E-state index is 0.0235. The third-order valence-corrected chi connectivity index (χ3v) is 5.21. The normalized spacial score (nSPS) is 21.8. The zero-order valence-electron chi connectivity index (χ0n) is 11.4. The standard InChI is InChI=1S/C12H24N2O3S/c1-9(2)10(3)14-12(15)8-13-11-4-6-18(16,17)7-5-11/h9-11,13H,4-8H2,1-3H3,(H,14,15). The lowest BCUT2D eigenvalue weighted by Crippen LogP contribution is -2.45. The first-order chi connectivity index (χ1) is 8.30. The molecule has 1 aliphatic heterocycles. The quantitative estimate of drug-likeness (QED) is 0.758. The summed E-state index contributed by atoms with van der Waals surface area (Å²) in [5, 5.41) is 6.04. The molecular formula is C12H24N2O3S. The van der Waals surface area contributed by atoms with Crippen LogP contribution in [0.5, 0.6) is 0 Å². The molecule has 0 aliphatic carbocycles. The summed E-state index contributed by atoms with van der Waals surface area (Å²) in [4.78, 5) is 11.6. The van der Waals surface area contributed by atoms with Crippen LogP contribution >= 0.6 is 0 Å². The van der Waals surface area contributed by atoms with E-state index in [0.717, 1.165) is 0 Å². The molecule has 1 rings (SSSR count). The highest BCUT2D eigenvalue weighted by Crippen LogP contribution is 2.11. The molecule has 0 bridgehead atoms. The van der Waals surface area contributed by atoms with E-state index in [1.165, 1.54) is 0 Å². The summed E-state index contributed by atoms with van der Waals surface area (Å²) in [6.07, 6.45) is 1.21. The van der Waals surface area contributed by atoms with E-state index in [2.05, 4.69) is 24.5 Å². The second-order valence-corrected chi connectivity index (χ2v) is 7.71. The first kappa shape index (κ1) is 15.4. The Morgan fingerprint density at radius 3 is 2.28 bits per heavy atom. The van der Waals surface area contributed by atoms with Gasteiger partial charge in [-0.05, 0) is 25.7 Å². The number of nitrogens with one attached hydrogen (secondary N) is 2. The van der Waals surface area contributed by atoms with Gasteiger partial charge in [-0.3, -0.25) is 4.79 Å². The van der Waals surface area contributed by atoms with Crippen LogP contribution < -0.4 is 10.6 Å². The third-order valence-electron chi connectivity index (χ3n) is 3.49. The molecule has 18 heavy (non-hydrogen) atoms. The van der Waals surface area contributed by atoms with E-state index in [4.69, 9.17) is 0 Å². The summed E-state index contributed by atoms with van der Waals surface area (Å²) in [6.45, 7) is 6.37. The average molecular weight is 276 g/mol. The van der Waals surface area contributed by atoms with E-state index >= 15 is 0 Å². The lowest BCUT2D eigenvalue weighted by molar-refractivity contribution is -0.121. The highest BCUT2D eigenvalue weighted by atomic mass is 32.2. The summed E-state index contributed by atoms with van der Waals surface area (Å²) in [5.74, 6) is 0.849. The number of hydrogen-bond acceptors (Lipinski definition) is 4. The van der Waals surface area contributed by atoms with Gasteiger partial charge in [-0.1, -0.05) is 13.8 Å². The predicted molar refractivity (Wildman–Crippen MR) is 72.1 cm³/mol. The molecule has 2 N–H and O–H groups in total. The van der Waals surface area contributed by atoms with Crippen molar-refractivity contribution in [1.29, 1.82) is 0 Å². The number of rotatable bonds is 5. The molecule has 0 spiro atoms. The van der Waals surface area contributed by atoms with Crippen molar-refractivity contribution < 1.29 is 13.2 Å². The third kappa shape index (κ3) is 5.35. The second-order valence-electron chi connectivity index (χ2n) is 5.41. The maximum atomic E-state index is 11.6. The van der Waals surface area contributed by atoms with Gasteiger partial charge in [0, 0.05) is 12.1 Å². The van der Waals surface area contributed by atoms with Crippen LogP contribution in [0.4, 0.5) is 0 Å². The van der Waals surface area contributed by atoms with Gasteiger partial charge in [0.2, 0.25) is 5.91 Å².